The monoisotopic (exact) mass is 177 g/mol. The zero-order chi connectivity index (χ0) is 9.42. The number of nitrogens with one attached hydrogen (secondary N) is 2. The van der Waals surface area contributed by atoms with Crippen LogP contribution in [0.3, 0.4) is 0 Å². The summed E-state index contributed by atoms with van der Waals surface area (Å²) in [6.07, 6.45) is 1.68. The van der Waals surface area contributed by atoms with Crippen LogP contribution >= 0.6 is 0 Å². The van der Waals surface area contributed by atoms with E-state index in [1.54, 1.807) is 6.20 Å². The van der Waals surface area contributed by atoms with Crippen molar-refractivity contribution >= 4 is 11.0 Å². The molecule has 0 radical (unpaired) electrons. The molecule has 13 heavy (non-hydrogen) atoms. The van der Waals surface area contributed by atoms with E-state index in [-0.39, 0.29) is 5.69 Å². The Kier molecular flexibility index (Phi) is 1.69. The highest BCUT2D eigenvalue weighted by Crippen LogP contribution is 2.14. The minimum atomic E-state index is -0.183. The molecule has 0 saturated carbocycles. The molecule has 0 atom stereocenters. The number of rotatable bonds is 1. The van der Waals surface area contributed by atoms with Gasteiger partial charge in [0, 0.05) is 5.69 Å². The van der Waals surface area contributed by atoms with E-state index >= 15 is 0 Å². The summed E-state index contributed by atoms with van der Waals surface area (Å²) in [6, 6.07) is 1.90. The number of imidazole rings is 1. The lowest BCUT2D eigenvalue weighted by molar-refractivity contribution is 0.825. The van der Waals surface area contributed by atoms with Crippen LogP contribution in [0.2, 0.25) is 0 Å². The fourth-order valence-electron chi connectivity index (χ4n) is 1.27. The first-order valence-corrected chi connectivity index (χ1v) is 4.25. The van der Waals surface area contributed by atoms with Crippen LogP contribution in [0.1, 0.15) is 25.5 Å². The third kappa shape index (κ3) is 1.35. The van der Waals surface area contributed by atoms with Gasteiger partial charge in [0.15, 0.2) is 0 Å². The maximum Gasteiger partial charge on any atom is 0.323 e. The maximum atomic E-state index is 10.9. The molecule has 2 N–H and O–H groups in total. The van der Waals surface area contributed by atoms with Crippen molar-refractivity contribution in [2.24, 2.45) is 0 Å². The van der Waals surface area contributed by atoms with Crippen LogP contribution in [0, 0.1) is 0 Å². The highest BCUT2D eigenvalue weighted by molar-refractivity contribution is 5.73. The Morgan fingerprint density at radius 2 is 2.00 bits per heavy atom. The summed E-state index contributed by atoms with van der Waals surface area (Å²) in [7, 11) is 0. The second-order valence-corrected chi connectivity index (χ2v) is 3.39. The molecule has 4 nitrogen and oxygen atoms in total. The quantitative estimate of drug-likeness (QED) is 0.691. The van der Waals surface area contributed by atoms with Gasteiger partial charge in [-0.05, 0) is 12.0 Å². The van der Waals surface area contributed by atoms with Gasteiger partial charge in [-0.3, -0.25) is 4.98 Å². The van der Waals surface area contributed by atoms with Gasteiger partial charge in [0.1, 0.15) is 0 Å². The number of aromatic amines is 2. The van der Waals surface area contributed by atoms with Gasteiger partial charge in [-0.15, -0.1) is 0 Å². The van der Waals surface area contributed by atoms with Crippen molar-refractivity contribution in [2.45, 2.75) is 19.8 Å². The van der Waals surface area contributed by atoms with E-state index in [0.29, 0.717) is 5.92 Å². The highest BCUT2D eigenvalue weighted by Gasteiger charge is 2.03. The topological polar surface area (TPSA) is 61.5 Å². The van der Waals surface area contributed by atoms with E-state index in [1.165, 1.54) is 0 Å². The Morgan fingerprint density at radius 1 is 1.31 bits per heavy atom. The third-order valence-corrected chi connectivity index (χ3v) is 2.01. The summed E-state index contributed by atoms with van der Waals surface area (Å²) in [6.45, 7) is 4.14. The number of H-pyrrole nitrogens is 2. The van der Waals surface area contributed by atoms with Crippen LogP contribution in [0.25, 0.3) is 11.0 Å². The first-order chi connectivity index (χ1) is 6.16. The number of pyridine rings is 1. The summed E-state index contributed by atoms with van der Waals surface area (Å²) in [5.41, 5.74) is 2.39. The van der Waals surface area contributed by atoms with Crippen LogP contribution < -0.4 is 5.69 Å². The van der Waals surface area contributed by atoms with E-state index in [4.69, 9.17) is 0 Å². The molecule has 2 aromatic rings. The van der Waals surface area contributed by atoms with Gasteiger partial charge in [0.2, 0.25) is 0 Å². The molecule has 2 heterocycles. The van der Waals surface area contributed by atoms with Gasteiger partial charge >= 0.3 is 5.69 Å². The highest BCUT2D eigenvalue weighted by atomic mass is 16.1. The summed E-state index contributed by atoms with van der Waals surface area (Å²) in [5, 5.41) is 0. The standard InChI is InChI=1S/C9H11N3O/c1-5(2)6-3-7-8(4-10-6)12-9(13)11-7/h3-5H,1-2H3,(H2,11,12,13). The lowest BCUT2D eigenvalue weighted by atomic mass is 10.1. The largest absolute Gasteiger partial charge is 0.323 e. The molecule has 0 aliphatic rings. The van der Waals surface area contributed by atoms with Crippen LogP contribution in [0.4, 0.5) is 0 Å². The molecule has 0 aliphatic carbocycles. The van der Waals surface area contributed by atoms with Crippen molar-refractivity contribution in [3.05, 3.63) is 28.4 Å². The predicted molar refractivity (Wildman–Crippen MR) is 50.8 cm³/mol. The first-order valence-electron chi connectivity index (χ1n) is 4.25. The van der Waals surface area contributed by atoms with Crippen molar-refractivity contribution in [2.75, 3.05) is 0 Å². The molecule has 68 valence electrons. The van der Waals surface area contributed by atoms with Gasteiger partial charge < -0.3 is 9.97 Å². The molecular weight excluding hydrogens is 166 g/mol. The van der Waals surface area contributed by atoms with Crippen LogP contribution in [0.5, 0.6) is 0 Å². The van der Waals surface area contributed by atoms with Crippen molar-refractivity contribution in [1.29, 1.82) is 0 Å². The second-order valence-electron chi connectivity index (χ2n) is 3.39. The minimum absolute atomic E-state index is 0.183. The third-order valence-electron chi connectivity index (χ3n) is 2.01. The Bertz CT molecular complexity index is 481. The molecule has 0 aromatic carbocycles. The lowest BCUT2D eigenvalue weighted by Gasteiger charge is -2.02. The Morgan fingerprint density at radius 3 is 2.69 bits per heavy atom. The van der Waals surface area contributed by atoms with Crippen molar-refractivity contribution < 1.29 is 0 Å². The fourth-order valence-corrected chi connectivity index (χ4v) is 1.27. The molecule has 2 aromatic heterocycles. The molecule has 0 saturated heterocycles. The number of aromatic nitrogens is 3. The Labute approximate surface area is 75.0 Å². The average Bonchev–Trinajstić information content (AvgIpc) is 2.42. The summed E-state index contributed by atoms with van der Waals surface area (Å²) >= 11 is 0. The number of nitrogens with zero attached hydrogens (tertiary/aromatic N) is 1. The van der Waals surface area contributed by atoms with E-state index < -0.39 is 0 Å². The van der Waals surface area contributed by atoms with Crippen LogP contribution in [-0.2, 0) is 0 Å². The summed E-state index contributed by atoms with van der Waals surface area (Å²) < 4.78 is 0. The molecule has 0 spiro atoms. The van der Waals surface area contributed by atoms with Crippen molar-refractivity contribution in [3.8, 4) is 0 Å². The van der Waals surface area contributed by atoms with Crippen molar-refractivity contribution in [1.82, 2.24) is 15.0 Å². The summed E-state index contributed by atoms with van der Waals surface area (Å²) in [4.78, 5) is 20.5. The number of hydrogen-bond acceptors (Lipinski definition) is 2. The zero-order valence-corrected chi connectivity index (χ0v) is 7.59. The van der Waals surface area contributed by atoms with E-state index in [9.17, 15) is 4.79 Å². The average molecular weight is 177 g/mol. The lowest BCUT2D eigenvalue weighted by Crippen LogP contribution is -1.99. The van der Waals surface area contributed by atoms with Gasteiger partial charge in [0.05, 0.1) is 17.2 Å². The van der Waals surface area contributed by atoms with E-state index in [1.807, 2.05) is 6.07 Å². The van der Waals surface area contributed by atoms with Crippen molar-refractivity contribution in [3.63, 3.8) is 0 Å². The maximum absolute atomic E-state index is 10.9. The SMILES string of the molecule is CC(C)c1cc2[nH]c(=O)[nH]c2cn1. The molecule has 0 amide bonds. The Hall–Kier alpha value is -1.58. The number of fused-ring (bicyclic) bond motifs is 1. The molecular formula is C9H11N3O. The summed E-state index contributed by atoms with van der Waals surface area (Å²) in [5.74, 6) is 0.378. The predicted octanol–water partition coefficient (Wildman–Crippen LogP) is 1.37. The van der Waals surface area contributed by atoms with Gasteiger partial charge in [0.25, 0.3) is 0 Å². The number of hydrogen-bond donors (Lipinski definition) is 2. The van der Waals surface area contributed by atoms with Gasteiger partial charge in [-0.2, -0.15) is 0 Å². The normalized spacial score (nSPS) is 11.3. The fraction of sp³-hybridized carbons (Fsp3) is 0.333. The Balaban J connectivity index is 2.68. The molecule has 0 aliphatic heterocycles. The second kappa shape index (κ2) is 2.73. The molecule has 0 bridgehead atoms. The molecule has 2 rings (SSSR count). The van der Waals surface area contributed by atoms with Crippen LogP contribution in [0.15, 0.2) is 17.1 Å². The molecule has 0 fully saturated rings. The van der Waals surface area contributed by atoms with Gasteiger partial charge in [-0.25, -0.2) is 4.79 Å². The zero-order valence-electron chi connectivity index (χ0n) is 7.59. The first kappa shape index (κ1) is 8.04. The van der Waals surface area contributed by atoms with Gasteiger partial charge in [-0.1, -0.05) is 13.8 Å². The molecule has 4 heteroatoms. The minimum Gasteiger partial charge on any atom is -0.306 e. The smallest absolute Gasteiger partial charge is 0.306 e. The van der Waals surface area contributed by atoms with Crippen LogP contribution in [-0.4, -0.2) is 15.0 Å². The van der Waals surface area contributed by atoms with E-state index in [2.05, 4.69) is 28.8 Å². The van der Waals surface area contributed by atoms with E-state index in [0.717, 1.165) is 16.7 Å². The molecule has 0 unspecified atom stereocenters.